The Balaban J connectivity index is 1.34. The summed E-state index contributed by atoms with van der Waals surface area (Å²) in [7, 11) is 0. The third kappa shape index (κ3) is 7.59. The van der Waals surface area contributed by atoms with Gasteiger partial charge in [-0.25, -0.2) is 0 Å². The maximum absolute atomic E-state index is 13.8. The molecule has 2 aliphatic rings. The summed E-state index contributed by atoms with van der Waals surface area (Å²) in [4.78, 5) is 66.9. The Morgan fingerprint density at radius 2 is 1.62 bits per heavy atom. The number of rotatable bonds is 12. The van der Waals surface area contributed by atoms with Crippen LogP contribution in [0.2, 0.25) is 0 Å². The van der Waals surface area contributed by atoms with E-state index in [-0.39, 0.29) is 36.4 Å². The van der Waals surface area contributed by atoms with Crippen LogP contribution in [0.25, 0.3) is 10.1 Å². The van der Waals surface area contributed by atoms with E-state index in [1.807, 2.05) is 60.7 Å². The summed E-state index contributed by atoms with van der Waals surface area (Å²) >= 11 is 1.40. The fourth-order valence-corrected chi connectivity index (χ4v) is 7.22. The second-order valence-corrected chi connectivity index (χ2v) is 12.8. The van der Waals surface area contributed by atoms with Gasteiger partial charge in [0.15, 0.2) is 5.78 Å². The number of carbonyl (C=O) groups is 5. The van der Waals surface area contributed by atoms with Crippen molar-refractivity contribution in [3.8, 4) is 0 Å². The average molecular weight is 587 g/mol. The van der Waals surface area contributed by atoms with Crippen molar-refractivity contribution in [1.82, 2.24) is 10.6 Å². The van der Waals surface area contributed by atoms with Crippen molar-refractivity contribution < 1.29 is 24.0 Å². The van der Waals surface area contributed by atoms with Crippen molar-refractivity contribution in [2.24, 2.45) is 11.8 Å². The molecule has 3 aromatic rings. The zero-order valence-electron chi connectivity index (χ0n) is 23.8. The van der Waals surface area contributed by atoms with Gasteiger partial charge in [0, 0.05) is 35.4 Å². The standard InChI is InChI=1S/C34H38N2O5S/c37-28-16-9-13-23(28)19-27(32(39)34(41)35-26-14-5-2-6-15-26)36-33(40)25(18-22-10-3-1-4-11-22)20-29(38)31-21-24-12-7-8-17-30(24)42-31/h1,3-4,7-8,10-12,17,21,23,25-27H,2,5-6,9,13-16,18-20H2,(H,35,41)(H,36,40)/t23-,25+,27-/m0/s1. The highest BCUT2D eigenvalue weighted by Crippen LogP contribution is 2.29. The van der Waals surface area contributed by atoms with Crippen LogP contribution in [0.4, 0.5) is 0 Å². The first-order chi connectivity index (χ1) is 20.4. The second-order valence-electron chi connectivity index (χ2n) is 11.7. The lowest BCUT2D eigenvalue weighted by Gasteiger charge is -2.26. The Bertz CT molecular complexity index is 1410. The van der Waals surface area contributed by atoms with Crippen LogP contribution in [0.1, 0.15) is 79.4 Å². The number of ketones is 3. The second kappa shape index (κ2) is 14.0. The normalized spacial score (nSPS) is 18.9. The van der Waals surface area contributed by atoms with Gasteiger partial charge in [-0.3, -0.25) is 24.0 Å². The molecule has 0 bridgehead atoms. The summed E-state index contributed by atoms with van der Waals surface area (Å²) in [5.41, 5.74) is 0.894. The van der Waals surface area contributed by atoms with E-state index >= 15 is 0 Å². The molecule has 2 N–H and O–H groups in total. The van der Waals surface area contributed by atoms with E-state index in [9.17, 15) is 24.0 Å². The van der Waals surface area contributed by atoms with Crippen LogP contribution in [0.15, 0.2) is 60.7 Å². The third-order valence-electron chi connectivity index (χ3n) is 8.58. The fourth-order valence-electron chi connectivity index (χ4n) is 6.20. The van der Waals surface area contributed by atoms with Gasteiger partial charge in [-0.1, -0.05) is 67.8 Å². The van der Waals surface area contributed by atoms with Crippen molar-refractivity contribution in [1.29, 1.82) is 0 Å². The highest BCUT2D eigenvalue weighted by molar-refractivity contribution is 7.20. The topological polar surface area (TPSA) is 109 Å². The van der Waals surface area contributed by atoms with Crippen molar-refractivity contribution in [2.45, 2.75) is 82.7 Å². The number of hydrogen-bond donors (Lipinski definition) is 2. The largest absolute Gasteiger partial charge is 0.347 e. The predicted molar refractivity (Wildman–Crippen MR) is 163 cm³/mol. The van der Waals surface area contributed by atoms with Crippen LogP contribution in [0, 0.1) is 11.8 Å². The molecule has 42 heavy (non-hydrogen) atoms. The minimum Gasteiger partial charge on any atom is -0.347 e. The number of carbonyl (C=O) groups excluding carboxylic acids is 5. The number of thiophene rings is 1. The lowest BCUT2D eigenvalue weighted by molar-refractivity contribution is -0.141. The zero-order valence-corrected chi connectivity index (χ0v) is 24.6. The molecule has 0 saturated heterocycles. The Kier molecular flexibility index (Phi) is 9.95. The van der Waals surface area contributed by atoms with Gasteiger partial charge >= 0.3 is 0 Å². The Labute approximate surface area is 250 Å². The first-order valence-corrected chi connectivity index (χ1v) is 15.9. The zero-order chi connectivity index (χ0) is 29.5. The fraction of sp³-hybridized carbons (Fsp3) is 0.441. The van der Waals surface area contributed by atoms with Crippen LogP contribution in [0.5, 0.6) is 0 Å². The number of hydrogen-bond acceptors (Lipinski definition) is 6. The van der Waals surface area contributed by atoms with Gasteiger partial charge < -0.3 is 10.6 Å². The summed E-state index contributed by atoms with van der Waals surface area (Å²) in [6, 6.07) is 17.9. The summed E-state index contributed by atoms with van der Waals surface area (Å²) < 4.78 is 1.00. The molecule has 8 heteroatoms. The molecule has 5 rings (SSSR count). The molecule has 220 valence electrons. The van der Waals surface area contributed by atoms with Gasteiger partial charge in [0.1, 0.15) is 5.78 Å². The molecule has 7 nitrogen and oxygen atoms in total. The van der Waals surface area contributed by atoms with Gasteiger partial charge in [0.25, 0.3) is 5.91 Å². The average Bonchev–Trinajstić information content (AvgIpc) is 3.63. The molecule has 2 amide bonds. The number of nitrogens with one attached hydrogen (secondary N) is 2. The quantitative estimate of drug-likeness (QED) is 0.212. The molecular weight excluding hydrogens is 548 g/mol. The molecule has 3 atom stereocenters. The van der Waals surface area contributed by atoms with Crippen molar-refractivity contribution in [3.63, 3.8) is 0 Å². The lowest BCUT2D eigenvalue weighted by atomic mass is 9.90. The molecule has 2 fully saturated rings. The summed E-state index contributed by atoms with van der Waals surface area (Å²) in [6.45, 7) is 0. The highest BCUT2D eigenvalue weighted by Gasteiger charge is 2.36. The summed E-state index contributed by atoms with van der Waals surface area (Å²) in [6.07, 6.45) is 6.99. The van der Waals surface area contributed by atoms with Crippen molar-refractivity contribution in [2.75, 3.05) is 0 Å². The maximum atomic E-state index is 13.8. The Morgan fingerprint density at radius 3 is 2.33 bits per heavy atom. The summed E-state index contributed by atoms with van der Waals surface area (Å²) in [5, 5.41) is 6.68. The molecule has 1 aromatic heterocycles. The van der Waals surface area contributed by atoms with Gasteiger partial charge in [-0.15, -0.1) is 11.3 Å². The SMILES string of the molecule is O=C(NC1CCCCC1)C(=O)[C@H](C[C@@H]1CCCC1=O)NC(=O)[C@@H](CC(=O)c1cc2ccccc2s1)Cc1ccccc1. The smallest absolute Gasteiger partial charge is 0.289 e. The molecule has 0 radical (unpaired) electrons. The first kappa shape index (κ1) is 29.8. The number of fused-ring (bicyclic) bond motifs is 1. The Morgan fingerprint density at radius 1 is 0.881 bits per heavy atom. The van der Waals surface area contributed by atoms with E-state index in [1.54, 1.807) is 0 Å². The van der Waals surface area contributed by atoms with Crippen LogP contribution in [-0.4, -0.2) is 41.2 Å². The van der Waals surface area contributed by atoms with Crippen molar-refractivity contribution in [3.05, 3.63) is 71.1 Å². The summed E-state index contributed by atoms with van der Waals surface area (Å²) in [5.74, 6) is -3.08. The van der Waals surface area contributed by atoms with E-state index in [4.69, 9.17) is 0 Å². The minimum atomic E-state index is -1.12. The molecule has 2 aliphatic carbocycles. The number of benzene rings is 2. The third-order valence-corrected chi connectivity index (χ3v) is 9.73. The minimum absolute atomic E-state index is 0.0366. The predicted octanol–water partition coefficient (Wildman–Crippen LogP) is 5.60. The van der Waals surface area contributed by atoms with E-state index in [1.165, 1.54) is 11.3 Å². The molecule has 2 saturated carbocycles. The molecule has 0 unspecified atom stereocenters. The number of Topliss-reactive ketones (excluding diaryl/α,β-unsaturated/α-hetero) is 3. The highest BCUT2D eigenvalue weighted by atomic mass is 32.1. The van der Waals surface area contributed by atoms with Gasteiger partial charge in [-0.2, -0.15) is 0 Å². The maximum Gasteiger partial charge on any atom is 0.289 e. The van der Waals surface area contributed by atoms with E-state index in [2.05, 4.69) is 10.6 Å². The monoisotopic (exact) mass is 586 g/mol. The molecule has 0 aliphatic heterocycles. The molecule has 0 spiro atoms. The van der Waals surface area contributed by atoms with Crippen molar-refractivity contribution >= 4 is 50.6 Å². The van der Waals surface area contributed by atoms with E-state index in [0.717, 1.165) is 54.2 Å². The van der Waals surface area contributed by atoms with Crippen LogP contribution >= 0.6 is 11.3 Å². The molecule has 2 aromatic carbocycles. The first-order valence-electron chi connectivity index (χ1n) is 15.1. The van der Waals surface area contributed by atoms with Crippen LogP contribution in [0.3, 0.4) is 0 Å². The van der Waals surface area contributed by atoms with Gasteiger partial charge in [0.2, 0.25) is 11.7 Å². The number of amides is 2. The Hall–Kier alpha value is -3.65. The van der Waals surface area contributed by atoms with Gasteiger partial charge in [0.05, 0.1) is 10.9 Å². The molecule has 1 heterocycles. The van der Waals surface area contributed by atoms with Gasteiger partial charge in [-0.05, 0) is 61.6 Å². The van der Waals surface area contributed by atoms with E-state index < -0.39 is 29.6 Å². The van der Waals surface area contributed by atoms with E-state index in [0.29, 0.717) is 24.1 Å². The van der Waals surface area contributed by atoms with Crippen LogP contribution < -0.4 is 10.6 Å². The van der Waals surface area contributed by atoms with Crippen LogP contribution in [-0.2, 0) is 25.6 Å². The lowest BCUT2D eigenvalue weighted by Crippen LogP contribution is -2.52. The molecular formula is C34H38N2O5S.